The van der Waals surface area contributed by atoms with Crippen LogP contribution in [0.25, 0.3) is 10.6 Å². The Labute approximate surface area is 204 Å². The Kier molecular flexibility index (Phi) is 8.08. The van der Waals surface area contributed by atoms with Crippen molar-refractivity contribution in [2.45, 2.75) is 10.9 Å². The van der Waals surface area contributed by atoms with Crippen molar-refractivity contribution in [3.05, 3.63) is 95.0 Å². The minimum Gasteiger partial charge on any atom is -0.489 e. The summed E-state index contributed by atoms with van der Waals surface area (Å²) in [4.78, 5) is 12.1. The van der Waals surface area contributed by atoms with E-state index in [0.29, 0.717) is 11.6 Å². The standard InChI is InChI=1S/C24H19ClN4O2S2/c25-20-10-6-18(7-11-20)15-31-21-12-8-17(9-13-21)14-26-27-22(30)16-32-24-29-28-23(33-24)19-4-2-1-3-5-19/h1-14H,15-16H2,(H,27,30). The van der Waals surface area contributed by atoms with Crippen molar-refractivity contribution in [2.24, 2.45) is 5.10 Å². The van der Waals surface area contributed by atoms with Crippen LogP contribution in [0.2, 0.25) is 5.02 Å². The number of nitrogens with zero attached hydrogens (tertiary/aromatic N) is 3. The Morgan fingerprint density at radius 3 is 2.55 bits per heavy atom. The van der Waals surface area contributed by atoms with Gasteiger partial charge in [0.25, 0.3) is 5.91 Å². The van der Waals surface area contributed by atoms with Crippen LogP contribution >= 0.6 is 34.7 Å². The fourth-order valence-corrected chi connectivity index (χ4v) is 4.48. The fraction of sp³-hybridized carbons (Fsp3) is 0.0833. The predicted molar refractivity (Wildman–Crippen MR) is 134 cm³/mol. The Morgan fingerprint density at radius 1 is 1.03 bits per heavy atom. The molecule has 0 aliphatic carbocycles. The number of amides is 1. The zero-order valence-corrected chi connectivity index (χ0v) is 19.7. The van der Waals surface area contributed by atoms with Gasteiger partial charge < -0.3 is 4.74 Å². The molecule has 0 radical (unpaired) electrons. The van der Waals surface area contributed by atoms with Gasteiger partial charge in [-0.05, 0) is 47.5 Å². The maximum atomic E-state index is 12.1. The largest absolute Gasteiger partial charge is 0.489 e. The second-order valence-electron chi connectivity index (χ2n) is 6.81. The summed E-state index contributed by atoms with van der Waals surface area (Å²) in [6.45, 7) is 0.458. The van der Waals surface area contributed by atoms with Gasteiger partial charge in [0.2, 0.25) is 0 Å². The molecule has 0 atom stereocenters. The normalized spacial score (nSPS) is 10.9. The highest BCUT2D eigenvalue weighted by Gasteiger charge is 2.09. The number of carbonyl (C=O) groups excluding carboxylic acids is 1. The SMILES string of the molecule is O=C(CSc1nnc(-c2ccccc2)s1)NN=Cc1ccc(OCc2ccc(Cl)cc2)cc1. The van der Waals surface area contributed by atoms with Crippen molar-refractivity contribution in [1.82, 2.24) is 15.6 Å². The highest BCUT2D eigenvalue weighted by atomic mass is 35.5. The van der Waals surface area contributed by atoms with E-state index in [1.54, 1.807) is 6.21 Å². The second-order valence-corrected chi connectivity index (χ2v) is 9.44. The smallest absolute Gasteiger partial charge is 0.250 e. The van der Waals surface area contributed by atoms with E-state index in [9.17, 15) is 4.79 Å². The van der Waals surface area contributed by atoms with Crippen molar-refractivity contribution < 1.29 is 9.53 Å². The van der Waals surface area contributed by atoms with Gasteiger partial charge in [-0.1, -0.05) is 77.2 Å². The number of carbonyl (C=O) groups is 1. The zero-order valence-electron chi connectivity index (χ0n) is 17.3. The summed E-state index contributed by atoms with van der Waals surface area (Å²) in [7, 11) is 0. The molecule has 0 spiro atoms. The molecule has 0 saturated carbocycles. The predicted octanol–water partition coefficient (Wildman–Crippen LogP) is 5.68. The molecule has 0 saturated heterocycles. The molecule has 4 rings (SSSR count). The molecule has 0 fully saturated rings. The van der Waals surface area contributed by atoms with E-state index in [1.807, 2.05) is 78.9 Å². The summed E-state index contributed by atoms with van der Waals surface area (Å²) in [5, 5.41) is 13.9. The molecule has 1 amide bonds. The van der Waals surface area contributed by atoms with E-state index in [0.717, 1.165) is 31.8 Å². The molecule has 0 unspecified atom stereocenters. The van der Waals surface area contributed by atoms with Crippen molar-refractivity contribution in [2.75, 3.05) is 5.75 Å². The van der Waals surface area contributed by atoms with Crippen molar-refractivity contribution in [3.8, 4) is 16.3 Å². The van der Waals surface area contributed by atoms with Gasteiger partial charge in [-0.15, -0.1) is 10.2 Å². The molecular weight excluding hydrogens is 476 g/mol. The molecule has 1 heterocycles. The third kappa shape index (κ3) is 7.15. The van der Waals surface area contributed by atoms with Gasteiger partial charge in [0.05, 0.1) is 12.0 Å². The highest BCUT2D eigenvalue weighted by Crippen LogP contribution is 2.28. The first-order chi connectivity index (χ1) is 16.2. The summed E-state index contributed by atoms with van der Waals surface area (Å²) in [6.07, 6.45) is 1.59. The number of aromatic nitrogens is 2. The van der Waals surface area contributed by atoms with Crippen LogP contribution in [0.4, 0.5) is 0 Å². The number of ether oxygens (including phenoxy) is 1. The molecule has 4 aromatic rings. The molecule has 1 N–H and O–H groups in total. The lowest BCUT2D eigenvalue weighted by atomic mass is 10.2. The fourth-order valence-electron chi connectivity index (χ4n) is 2.70. The summed E-state index contributed by atoms with van der Waals surface area (Å²) >= 11 is 8.68. The van der Waals surface area contributed by atoms with Gasteiger partial charge in [-0.25, -0.2) is 5.43 Å². The lowest BCUT2D eigenvalue weighted by Gasteiger charge is -2.06. The zero-order chi connectivity index (χ0) is 22.9. The van der Waals surface area contributed by atoms with Crippen LogP contribution < -0.4 is 10.2 Å². The summed E-state index contributed by atoms with van der Waals surface area (Å²) < 4.78 is 6.50. The molecule has 0 aliphatic rings. The van der Waals surface area contributed by atoms with E-state index < -0.39 is 0 Å². The summed E-state index contributed by atoms with van der Waals surface area (Å²) in [5.74, 6) is 0.739. The molecular formula is C24H19ClN4O2S2. The van der Waals surface area contributed by atoms with Gasteiger partial charge in [0.15, 0.2) is 4.34 Å². The lowest BCUT2D eigenvalue weighted by Crippen LogP contribution is -2.19. The van der Waals surface area contributed by atoms with Crippen molar-refractivity contribution in [1.29, 1.82) is 0 Å². The average molecular weight is 495 g/mol. The van der Waals surface area contributed by atoms with Crippen LogP contribution in [-0.4, -0.2) is 28.1 Å². The van der Waals surface area contributed by atoms with Crippen LogP contribution in [-0.2, 0) is 11.4 Å². The highest BCUT2D eigenvalue weighted by molar-refractivity contribution is 8.01. The number of nitrogens with one attached hydrogen (secondary N) is 1. The van der Waals surface area contributed by atoms with E-state index in [1.165, 1.54) is 23.1 Å². The first kappa shape index (κ1) is 23.0. The molecule has 3 aromatic carbocycles. The number of hydrazone groups is 1. The Balaban J connectivity index is 1.20. The summed E-state index contributed by atoms with van der Waals surface area (Å²) in [5.41, 5.74) is 5.42. The third-order valence-electron chi connectivity index (χ3n) is 4.36. The number of thioether (sulfide) groups is 1. The molecule has 9 heteroatoms. The van der Waals surface area contributed by atoms with E-state index in [2.05, 4.69) is 20.7 Å². The Bertz CT molecular complexity index is 1210. The minimum absolute atomic E-state index is 0.207. The molecule has 0 aliphatic heterocycles. The number of benzene rings is 3. The first-order valence-electron chi connectivity index (χ1n) is 9.97. The second kappa shape index (κ2) is 11.6. The monoisotopic (exact) mass is 494 g/mol. The van der Waals surface area contributed by atoms with E-state index in [-0.39, 0.29) is 11.7 Å². The Morgan fingerprint density at radius 2 is 1.79 bits per heavy atom. The average Bonchev–Trinajstić information content (AvgIpc) is 3.33. The maximum Gasteiger partial charge on any atom is 0.250 e. The maximum absolute atomic E-state index is 12.1. The number of rotatable bonds is 9. The Hall–Kier alpha value is -3.20. The van der Waals surface area contributed by atoms with Gasteiger partial charge in [0.1, 0.15) is 17.4 Å². The number of hydrogen-bond acceptors (Lipinski definition) is 7. The van der Waals surface area contributed by atoms with Gasteiger partial charge in [0, 0.05) is 10.6 Å². The quantitative estimate of drug-likeness (QED) is 0.184. The van der Waals surface area contributed by atoms with E-state index >= 15 is 0 Å². The number of hydrogen-bond donors (Lipinski definition) is 1. The van der Waals surface area contributed by atoms with Crippen LogP contribution in [0, 0.1) is 0 Å². The van der Waals surface area contributed by atoms with Crippen LogP contribution in [0.1, 0.15) is 11.1 Å². The van der Waals surface area contributed by atoms with Gasteiger partial charge in [-0.2, -0.15) is 5.10 Å². The first-order valence-corrected chi connectivity index (χ1v) is 12.1. The molecule has 6 nitrogen and oxygen atoms in total. The molecule has 1 aromatic heterocycles. The van der Waals surface area contributed by atoms with Crippen LogP contribution in [0.15, 0.2) is 88.3 Å². The topological polar surface area (TPSA) is 76.5 Å². The van der Waals surface area contributed by atoms with E-state index in [4.69, 9.17) is 16.3 Å². The van der Waals surface area contributed by atoms with Crippen molar-refractivity contribution >= 4 is 46.8 Å². The van der Waals surface area contributed by atoms with Gasteiger partial charge >= 0.3 is 0 Å². The summed E-state index contributed by atoms with van der Waals surface area (Å²) in [6, 6.07) is 24.8. The molecule has 0 bridgehead atoms. The lowest BCUT2D eigenvalue weighted by molar-refractivity contribution is -0.118. The van der Waals surface area contributed by atoms with Crippen molar-refractivity contribution in [3.63, 3.8) is 0 Å². The molecule has 166 valence electrons. The molecule has 33 heavy (non-hydrogen) atoms. The third-order valence-corrected chi connectivity index (χ3v) is 6.71. The number of halogens is 1. The minimum atomic E-state index is -0.212. The van der Waals surface area contributed by atoms with Gasteiger partial charge in [-0.3, -0.25) is 4.79 Å². The van der Waals surface area contributed by atoms with Crippen LogP contribution in [0.5, 0.6) is 5.75 Å². The van der Waals surface area contributed by atoms with Crippen LogP contribution in [0.3, 0.4) is 0 Å².